The molecule has 1 N–H and O–H groups in total. The molecule has 0 unspecified atom stereocenters. The van der Waals surface area contributed by atoms with Gasteiger partial charge in [0.1, 0.15) is 11.5 Å². The Labute approximate surface area is 200 Å². The zero-order valence-electron chi connectivity index (χ0n) is 19.1. The molecule has 1 saturated carbocycles. The number of nitrogens with one attached hydrogen (secondary N) is 1. The molecule has 172 valence electrons. The topological polar surface area (TPSA) is 51.6 Å². The van der Waals surface area contributed by atoms with Gasteiger partial charge in [-0.1, -0.05) is 25.3 Å². The molecule has 3 heterocycles. The van der Waals surface area contributed by atoms with Gasteiger partial charge in [-0.15, -0.1) is 0 Å². The molecule has 0 bridgehead atoms. The summed E-state index contributed by atoms with van der Waals surface area (Å²) < 4.78 is 13.6. The Balaban J connectivity index is 1.59. The standard InChI is InChI=1S/C26H30N4O2S/c1-31-20-11-12-23(32-2)22(16-20)30-25(24(28-26(30)33)21-10-6-7-14-27-21)18-13-15-29(17-18)19-8-4-3-5-9-19/h6-7,10-17,19,24-25H,3-5,8-9H2,1-2H3,(H,28,33)/t24-,25-/m1/s1. The second kappa shape index (κ2) is 9.43. The summed E-state index contributed by atoms with van der Waals surface area (Å²) in [6.07, 6.45) is 12.8. The van der Waals surface area contributed by atoms with E-state index in [1.165, 1.54) is 37.7 Å². The molecule has 0 amide bonds. The highest BCUT2D eigenvalue weighted by Gasteiger charge is 2.42. The summed E-state index contributed by atoms with van der Waals surface area (Å²) in [5.74, 6) is 1.51. The summed E-state index contributed by atoms with van der Waals surface area (Å²) in [4.78, 5) is 6.81. The van der Waals surface area contributed by atoms with E-state index in [4.69, 9.17) is 21.7 Å². The van der Waals surface area contributed by atoms with Gasteiger partial charge in [0.2, 0.25) is 0 Å². The molecule has 1 saturated heterocycles. The number of methoxy groups -OCH3 is 2. The summed E-state index contributed by atoms with van der Waals surface area (Å²) in [6.45, 7) is 0. The molecular weight excluding hydrogens is 432 g/mol. The van der Waals surface area contributed by atoms with Crippen LogP contribution in [-0.2, 0) is 0 Å². The quantitative estimate of drug-likeness (QED) is 0.483. The van der Waals surface area contributed by atoms with E-state index < -0.39 is 0 Å². The van der Waals surface area contributed by atoms with Crippen molar-refractivity contribution in [1.82, 2.24) is 14.9 Å². The van der Waals surface area contributed by atoms with Gasteiger partial charge in [0, 0.05) is 30.7 Å². The predicted octanol–water partition coefficient (Wildman–Crippen LogP) is 5.58. The van der Waals surface area contributed by atoms with Crippen molar-refractivity contribution in [2.24, 2.45) is 0 Å². The average molecular weight is 463 g/mol. The van der Waals surface area contributed by atoms with E-state index in [-0.39, 0.29) is 12.1 Å². The van der Waals surface area contributed by atoms with Crippen LogP contribution in [0.15, 0.2) is 61.1 Å². The normalized spacial score (nSPS) is 21.2. The Kier molecular flexibility index (Phi) is 6.22. The van der Waals surface area contributed by atoms with Crippen LogP contribution in [0.5, 0.6) is 11.5 Å². The highest BCUT2D eigenvalue weighted by atomic mass is 32.1. The zero-order valence-corrected chi connectivity index (χ0v) is 19.9. The molecule has 0 radical (unpaired) electrons. The van der Waals surface area contributed by atoms with E-state index in [0.717, 1.165) is 22.9 Å². The summed E-state index contributed by atoms with van der Waals surface area (Å²) in [7, 11) is 3.35. The first-order valence-corrected chi connectivity index (χ1v) is 12.0. The van der Waals surface area contributed by atoms with Gasteiger partial charge in [-0.3, -0.25) is 4.98 Å². The fourth-order valence-electron chi connectivity index (χ4n) is 5.15. The molecule has 5 rings (SSSR count). The van der Waals surface area contributed by atoms with Gasteiger partial charge >= 0.3 is 0 Å². The van der Waals surface area contributed by atoms with Crippen molar-refractivity contribution >= 4 is 23.0 Å². The van der Waals surface area contributed by atoms with E-state index in [1.54, 1.807) is 14.2 Å². The first-order valence-electron chi connectivity index (χ1n) is 11.6. The van der Waals surface area contributed by atoms with Crippen molar-refractivity contribution in [3.8, 4) is 11.5 Å². The molecule has 3 aromatic rings. The fraction of sp³-hybridized carbons (Fsp3) is 0.385. The summed E-state index contributed by atoms with van der Waals surface area (Å²) in [5.41, 5.74) is 3.04. The molecule has 2 atom stereocenters. The molecule has 2 fully saturated rings. The average Bonchev–Trinajstić information content (AvgIpc) is 3.49. The third-order valence-electron chi connectivity index (χ3n) is 6.82. The van der Waals surface area contributed by atoms with Crippen LogP contribution in [0.25, 0.3) is 0 Å². The summed E-state index contributed by atoms with van der Waals surface area (Å²) in [5, 5.41) is 4.18. The van der Waals surface area contributed by atoms with E-state index in [9.17, 15) is 0 Å². The molecule has 1 aliphatic carbocycles. The van der Waals surface area contributed by atoms with Crippen molar-refractivity contribution < 1.29 is 9.47 Å². The fourth-order valence-corrected chi connectivity index (χ4v) is 5.49. The molecule has 1 aliphatic heterocycles. The highest BCUT2D eigenvalue weighted by molar-refractivity contribution is 7.80. The lowest BCUT2D eigenvalue weighted by Crippen LogP contribution is -2.29. The zero-order chi connectivity index (χ0) is 22.8. The Hall–Kier alpha value is -3.06. The lowest BCUT2D eigenvalue weighted by atomic mass is 9.95. The van der Waals surface area contributed by atoms with Crippen LogP contribution in [-0.4, -0.2) is 28.9 Å². The summed E-state index contributed by atoms with van der Waals surface area (Å²) in [6, 6.07) is 14.5. The van der Waals surface area contributed by atoms with Gasteiger partial charge in [-0.2, -0.15) is 0 Å². The second-order valence-corrected chi connectivity index (χ2v) is 9.10. The minimum absolute atomic E-state index is 0.0711. The Morgan fingerprint density at radius 1 is 1.03 bits per heavy atom. The van der Waals surface area contributed by atoms with Crippen LogP contribution in [0, 0.1) is 0 Å². The molecule has 0 spiro atoms. The molecule has 6 nitrogen and oxygen atoms in total. The third-order valence-corrected chi connectivity index (χ3v) is 7.13. The van der Waals surface area contributed by atoms with Crippen molar-refractivity contribution in [3.63, 3.8) is 0 Å². The third kappa shape index (κ3) is 4.17. The van der Waals surface area contributed by atoms with Crippen LogP contribution in [0.4, 0.5) is 5.69 Å². The SMILES string of the molecule is COc1ccc(OC)c(N2C(=S)N[C@H](c3ccccn3)[C@H]2c2ccn(C3CCCCC3)c2)c1. The van der Waals surface area contributed by atoms with Gasteiger partial charge in [0.05, 0.1) is 37.7 Å². The smallest absolute Gasteiger partial charge is 0.174 e. The van der Waals surface area contributed by atoms with Crippen LogP contribution < -0.4 is 19.7 Å². The van der Waals surface area contributed by atoms with Crippen LogP contribution in [0.3, 0.4) is 0 Å². The number of rotatable bonds is 6. The van der Waals surface area contributed by atoms with E-state index in [2.05, 4.69) is 44.3 Å². The number of hydrogen-bond acceptors (Lipinski definition) is 4. The van der Waals surface area contributed by atoms with Crippen molar-refractivity contribution in [3.05, 3.63) is 72.3 Å². The number of anilines is 1. The molecule has 2 aromatic heterocycles. The monoisotopic (exact) mass is 462 g/mol. The largest absolute Gasteiger partial charge is 0.497 e. The Morgan fingerprint density at radius 2 is 1.88 bits per heavy atom. The van der Waals surface area contributed by atoms with Crippen LogP contribution in [0.1, 0.15) is 61.5 Å². The number of hydrogen-bond donors (Lipinski definition) is 1. The van der Waals surface area contributed by atoms with Crippen LogP contribution in [0.2, 0.25) is 0 Å². The number of aromatic nitrogens is 2. The van der Waals surface area contributed by atoms with Crippen molar-refractivity contribution in [2.75, 3.05) is 19.1 Å². The number of ether oxygens (including phenoxy) is 2. The Morgan fingerprint density at radius 3 is 2.61 bits per heavy atom. The van der Waals surface area contributed by atoms with E-state index >= 15 is 0 Å². The molecule has 33 heavy (non-hydrogen) atoms. The maximum absolute atomic E-state index is 5.88. The molecule has 7 heteroatoms. The van der Waals surface area contributed by atoms with Gasteiger partial charge in [0.25, 0.3) is 0 Å². The maximum atomic E-state index is 5.88. The highest BCUT2D eigenvalue weighted by Crippen LogP contribution is 2.46. The van der Waals surface area contributed by atoms with Crippen molar-refractivity contribution in [2.45, 2.75) is 50.2 Å². The minimum atomic E-state index is -0.0863. The lowest BCUT2D eigenvalue weighted by Gasteiger charge is -2.29. The van der Waals surface area contributed by atoms with Gasteiger partial charge < -0.3 is 24.3 Å². The number of pyridine rings is 1. The Bertz CT molecular complexity index is 1110. The van der Waals surface area contributed by atoms with Gasteiger partial charge in [-0.05, 0) is 61.0 Å². The second-order valence-electron chi connectivity index (χ2n) is 8.72. The van der Waals surface area contributed by atoms with Crippen LogP contribution >= 0.6 is 12.2 Å². The molecule has 2 aliphatic rings. The lowest BCUT2D eigenvalue weighted by molar-refractivity contribution is 0.353. The number of benzene rings is 1. The van der Waals surface area contributed by atoms with Crippen molar-refractivity contribution in [1.29, 1.82) is 0 Å². The minimum Gasteiger partial charge on any atom is -0.497 e. The first kappa shape index (κ1) is 21.8. The first-order chi connectivity index (χ1) is 16.2. The van der Waals surface area contributed by atoms with E-state index in [0.29, 0.717) is 11.2 Å². The van der Waals surface area contributed by atoms with Gasteiger partial charge in [0.15, 0.2) is 5.11 Å². The molecule has 1 aromatic carbocycles. The number of thiocarbonyl (C=S) groups is 1. The van der Waals surface area contributed by atoms with Gasteiger partial charge in [-0.25, -0.2) is 0 Å². The maximum Gasteiger partial charge on any atom is 0.174 e. The molecular formula is C26H30N4O2S. The number of nitrogens with zero attached hydrogens (tertiary/aromatic N) is 3. The predicted molar refractivity (Wildman–Crippen MR) is 134 cm³/mol. The van der Waals surface area contributed by atoms with E-state index in [1.807, 2.05) is 36.5 Å². The summed E-state index contributed by atoms with van der Waals surface area (Å²) >= 11 is 5.88.